The summed E-state index contributed by atoms with van der Waals surface area (Å²) in [7, 11) is 0. The van der Waals surface area contributed by atoms with Crippen molar-refractivity contribution < 1.29 is 9.59 Å². The molecule has 0 spiro atoms. The first-order valence-corrected chi connectivity index (χ1v) is 11.9. The average molecular weight is 431 g/mol. The number of aryl methyl sites for hydroxylation is 2. The number of carbonyl (C=O) groups is 2. The summed E-state index contributed by atoms with van der Waals surface area (Å²) in [6.45, 7) is 6.45. The summed E-state index contributed by atoms with van der Waals surface area (Å²) < 4.78 is 1.81. The van der Waals surface area contributed by atoms with Gasteiger partial charge in [-0.05, 0) is 44.6 Å². The SMILES string of the molecule is CCCNC(=O)C1CCN(C(=O)c2sc3nc4n(c(=O)c3c2C)CCCCC4)CC1. The van der Waals surface area contributed by atoms with Gasteiger partial charge >= 0.3 is 0 Å². The second-order valence-electron chi connectivity index (χ2n) is 8.39. The monoisotopic (exact) mass is 430 g/mol. The second kappa shape index (κ2) is 8.88. The highest BCUT2D eigenvalue weighted by Crippen LogP contribution is 2.30. The lowest BCUT2D eigenvalue weighted by molar-refractivity contribution is -0.126. The van der Waals surface area contributed by atoms with E-state index in [4.69, 9.17) is 4.98 Å². The lowest BCUT2D eigenvalue weighted by Gasteiger charge is -2.31. The van der Waals surface area contributed by atoms with Gasteiger partial charge in [0.15, 0.2) is 0 Å². The van der Waals surface area contributed by atoms with E-state index in [0.29, 0.717) is 54.1 Å². The highest BCUT2D eigenvalue weighted by Gasteiger charge is 2.30. The van der Waals surface area contributed by atoms with Crippen LogP contribution in [-0.2, 0) is 17.8 Å². The van der Waals surface area contributed by atoms with Gasteiger partial charge in [0.1, 0.15) is 10.7 Å². The molecule has 0 radical (unpaired) electrons. The van der Waals surface area contributed by atoms with Crippen LogP contribution in [0.25, 0.3) is 10.2 Å². The van der Waals surface area contributed by atoms with Crippen molar-refractivity contribution >= 4 is 33.4 Å². The molecule has 4 heterocycles. The molecule has 1 fully saturated rings. The molecule has 1 saturated heterocycles. The van der Waals surface area contributed by atoms with E-state index in [1.807, 2.05) is 23.3 Å². The Morgan fingerprint density at radius 2 is 1.93 bits per heavy atom. The Balaban J connectivity index is 1.55. The smallest absolute Gasteiger partial charge is 0.264 e. The summed E-state index contributed by atoms with van der Waals surface area (Å²) in [6, 6.07) is 0. The van der Waals surface area contributed by atoms with Gasteiger partial charge in [-0.25, -0.2) is 4.98 Å². The summed E-state index contributed by atoms with van der Waals surface area (Å²) in [5.41, 5.74) is 0.746. The maximum absolute atomic E-state index is 13.2. The Morgan fingerprint density at radius 3 is 2.67 bits per heavy atom. The molecule has 162 valence electrons. The first-order valence-electron chi connectivity index (χ1n) is 11.1. The van der Waals surface area contributed by atoms with Gasteiger partial charge in [-0.1, -0.05) is 13.3 Å². The fourth-order valence-electron chi connectivity index (χ4n) is 4.49. The number of aromatic nitrogens is 2. The van der Waals surface area contributed by atoms with Crippen molar-refractivity contribution in [2.45, 2.75) is 65.3 Å². The lowest BCUT2D eigenvalue weighted by atomic mass is 9.95. The van der Waals surface area contributed by atoms with Crippen molar-refractivity contribution in [2.24, 2.45) is 5.92 Å². The van der Waals surface area contributed by atoms with E-state index < -0.39 is 0 Å². The number of thiophene rings is 1. The van der Waals surface area contributed by atoms with Crippen LogP contribution in [0.3, 0.4) is 0 Å². The van der Waals surface area contributed by atoms with Crippen LogP contribution in [0.1, 0.15) is 66.5 Å². The molecule has 7 nitrogen and oxygen atoms in total. The van der Waals surface area contributed by atoms with Crippen LogP contribution in [0, 0.1) is 12.8 Å². The Kier molecular flexibility index (Phi) is 6.22. The molecule has 2 aliphatic heterocycles. The maximum Gasteiger partial charge on any atom is 0.264 e. The molecule has 0 atom stereocenters. The number of fused-ring (bicyclic) bond motifs is 2. The number of nitrogens with one attached hydrogen (secondary N) is 1. The highest BCUT2D eigenvalue weighted by atomic mass is 32.1. The molecule has 0 bridgehead atoms. The molecule has 30 heavy (non-hydrogen) atoms. The van der Waals surface area contributed by atoms with Crippen molar-refractivity contribution in [3.05, 3.63) is 26.6 Å². The quantitative estimate of drug-likeness (QED) is 0.808. The Morgan fingerprint density at radius 1 is 1.17 bits per heavy atom. The number of carbonyl (C=O) groups excluding carboxylic acids is 2. The predicted molar refractivity (Wildman–Crippen MR) is 118 cm³/mol. The summed E-state index contributed by atoms with van der Waals surface area (Å²) in [5, 5.41) is 3.56. The maximum atomic E-state index is 13.2. The van der Waals surface area contributed by atoms with Crippen molar-refractivity contribution in [1.29, 1.82) is 0 Å². The number of nitrogens with zero attached hydrogens (tertiary/aromatic N) is 3. The van der Waals surface area contributed by atoms with Gasteiger partial charge in [0.25, 0.3) is 11.5 Å². The van der Waals surface area contributed by atoms with Crippen molar-refractivity contribution in [2.75, 3.05) is 19.6 Å². The van der Waals surface area contributed by atoms with Crippen molar-refractivity contribution in [1.82, 2.24) is 19.8 Å². The number of hydrogen-bond acceptors (Lipinski definition) is 5. The number of hydrogen-bond donors (Lipinski definition) is 1. The van der Waals surface area contributed by atoms with Crippen LogP contribution < -0.4 is 10.9 Å². The van der Waals surface area contributed by atoms with E-state index in [1.54, 1.807) is 0 Å². The molecular formula is C22H30N4O3S. The fourth-order valence-corrected chi connectivity index (χ4v) is 5.65. The van der Waals surface area contributed by atoms with Crippen molar-refractivity contribution in [3.8, 4) is 0 Å². The standard InChI is InChI=1S/C22H30N4O3S/c1-3-10-23-19(27)15-8-12-25(13-9-15)22(29)18-14(2)17-20(30-18)24-16-7-5-4-6-11-26(16)21(17)28/h15H,3-13H2,1-2H3,(H,23,27). The number of rotatable bonds is 4. The molecule has 0 saturated carbocycles. The third-order valence-corrected chi connectivity index (χ3v) is 7.48. The normalized spacial score (nSPS) is 17.6. The molecule has 2 aromatic rings. The van der Waals surface area contributed by atoms with Gasteiger partial charge < -0.3 is 10.2 Å². The molecule has 1 N–H and O–H groups in total. The highest BCUT2D eigenvalue weighted by molar-refractivity contribution is 7.20. The van der Waals surface area contributed by atoms with Crippen molar-refractivity contribution in [3.63, 3.8) is 0 Å². The Hall–Kier alpha value is -2.22. The van der Waals surface area contributed by atoms with E-state index >= 15 is 0 Å². The van der Waals surface area contributed by atoms with Crippen LogP contribution in [-0.4, -0.2) is 45.9 Å². The second-order valence-corrected chi connectivity index (χ2v) is 9.39. The first kappa shape index (κ1) is 21.0. The fraction of sp³-hybridized carbons (Fsp3) is 0.636. The Labute approximate surface area is 180 Å². The van der Waals surface area contributed by atoms with E-state index in [-0.39, 0.29) is 23.3 Å². The summed E-state index contributed by atoms with van der Waals surface area (Å²) >= 11 is 1.34. The topological polar surface area (TPSA) is 84.3 Å². The third kappa shape index (κ3) is 3.89. The molecule has 2 aromatic heterocycles. The zero-order valence-corrected chi connectivity index (χ0v) is 18.6. The Bertz CT molecular complexity index is 1020. The van der Waals surface area contributed by atoms with Gasteiger partial charge in [0.2, 0.25) is 5.91 Å². The first-order chi connectivity index (χ1) is 14.5. The van der Waals surface area contributed by atoms with Crippen LogP contribution in [0.4, 0.5) is 0 Å². The minimum Gasteiger partial charge on any atom is -0.356 e. The molecule has 2 amide bonds. The number of piperidine rings is 1. The zero-order chi connectivity index (χ0) is 21.3. The molecule has 8 heteroatoms. The molecular weight excluding hydrogens is 400 g/mol. The van der Waals surface area contributed by atoms with Gasteiger partial charge in [-0.2, -0.15) is 0 Å². The zero-order valence-electron chi connectivity index (χ0n) is 17.8. The largest absolute Gasteiger partial charge is 0.356 e. The van der Waals surface area contributed by atoms with Gasteiger partial charge in [0, 0.05) is 38.5 Å². The number of amides is 2. The van der Waals surface area contributed by atoms with E-state index in [1.165, 1.54) is 11.3 Å². The van der Waals surface area contributed by atoms with Gasteiger partial charge in [-0.3, -0.25) is 19.0 Å². The predicted octanol–water partition coefficient (Wildman–Crippen LogP) is 2.87. The third-order valence-electron chi connectivity index (χ3n) is 6.31. The molecule has 4 rings (SSSR count). The summed E-state index contributed by atoms with van der Waals surface area (Å²) in [5.74, 6) is 0.887. The summed E-state index contributed by atoms with van der Waals surface area (Å²) in [4.78, 5) is 46.4. The van der Waals surface area contributed by atoms with E-state index in [0.717, 1.165) is 43.5 Å². The molecule has 0 aromatic carbocycles. The van der Waals surface area contributed by atoms with E-state index in [2.05, 4.69) is 5.32 Å². The average Bonchev–Trinajstić information content (AvgIpc) is 2.92. The molecule has 0 unspecified atom stereocenters. The van der Waals surface area contributed by atoms with Crippen LogP contribution in [0.2, 0.25) is 0 Å². The van der Waals surface area contributed by atoms with Crippen LogP contribution in [0.15, 0.2) is 4.79 Å². The molecule has 0 aliphatic carbocycles. The lowest BCUT2D eigenvalue weighted by Crippen LogP contribution is -2.43. The molecule has 2 aliphatic rings. The van der Waals surface area contributed by atoms with Gasteiger partial charge in [0.05, 0.1) is 10.3 Å². The minimum absolute atomic E-state index is 0.00370. The summed E-state index contributed by atoms with van der Waals surface area (Å²) in [6.07, 6.45) is 6.27. The van der Waals surface area contributed by atoms with E-state index in [9.17, 15) is 14.4 Å². The van der Waals surface area contributed by atoms with Crippen LogP contribution >= 0.6 is 11.3 Å². The van der Waals surface area contributed by atoms with Crippen LogP contribution in [0.5, 0.6) is 0 Å². The minimum atomic E-state index is -0.0393. The van der Waals surface area contributed by atoms with Gasteiger partial charge in [-0.15, -0.1) is 11.3 Å². The number of likely N-dealkylation sites (tertiary alicyclic amines) is 1.